The summed E-state index contributed by atoms with van der Waals surface area (Å²) < 4.78 is 5.72. The fourth-order valence-corrected chi connectivity index (χ4v) is 3.01. The number of fused-ring (bicyclic) bond motifs is 1. The molecule has 2 aromatic rings. The Kier molecular flexibility index (Phi) is 5.50. The fourth-order valence-electron chi connectivity index (χ4n) is 3.01. The molecule has 0 aromatic heterocycles. The molecule has 1 aliphatic rings. The minimum Gasteiger partial charge on any atom is -0.493 e. The molecule has 6 heteroatoms. The maximum absolute atomic E-state index is 12.3. The van der Waals surface area contributed by atoms with Gasteiger partial charge in [-0.2, -0.15) is 0 Å². The van der Waals surface area contributed by atoms with Gasteiger partial charge in [0.25, 0.3) is 0 Å². The lowest BCUT2D eigenvalue weighted by Gasteiger charge is -2.34. The average molecular weight is 341 g/mol. The Labute approximate surface area is 147 Å². The number of benzene rings is 2. The number of amides is 2. The molecule has 25 heavy (non-hydrogen) atoms. The highest BCUT2D eigenvalue weighted by Crippen LogP contribution is 2.20. The van der Waals surface area contributed by atoms with E-state index in [-0.39, 0.29) is 18.4 Å². The Hall–Kier alpha value is -2.60. The maximum atomic E-state index is 12.3. The van der Waals surface area contributed by atoms with Gasteiger partial charge in [-0.05, 0) is 22.9 Å². The van der Waals surface area contributed by atoms with Crippen LogP contribution in [0.4, 0.5) is 0 Å². The Morgan fingerprint density at radius 2 is 1.56 bits per heavy atom. The highest BCUT2D eigenvalue weighted by Gasteiger charge is 2.23. The van der Waals surface area contributed by atoms with Crippen molar-refractivity contribution in [1.29, 1.82) is 0 Å². The number of hydrogen-bond donors (Lipinski definition) is 1. The van der Waals surface area contributed by atoms with Crippen LogP contribution in [0.1, 0.15) is 6.42 Å². The van der Waals surface area contributed by atoms with Crippen molar-refractivity contribution in [3.63, 3.8) is 0 Å². The Morgan fingerprint density at radius 3 is 2.24 bits per heavy atom. The molecule has 2 N–H and O–H groups in total. The molecule has 0 bridgehead atoms. The third-order valence-corrected chi connectivity index (χ3v) is 4.47. The predicted octanol–water partition coefficient (Wildman–Crippen LogP) is 1.24. The SMILES string of the molecule is NCC(=O)N1CCN(C(=O)CCOc2ccc3ccccc3c2)CC1. The molecule has 132 valence electrons. The largest absolute Gasteiger partial charge is 0.493 e. The number of piperazine rings is 1. The molecule has 3 rings (SSSR count). The van der Waals surface area contributed by atoms with E-state index >= 15 is 0 Å². The Balaban J connectivity index is 1.45. The standard InChI is InChI=1S/C19H23N3O3/c20-14-19(24)22-10-8-21(9-11-22)18(23)7-12-25-17-6-5-15-3-1-2-4-16(15)13-17/h1-6,13H,7-12,14,20H2. The average Bonchev–Trinajstić information content (AvgIpc) is 2.67. The van der Waals surface area contributed by atoms with E-state index in [1.807, 2.05) is 36.4 Å². The van der Waals surface area contributed by atoms with Crippen LogP contribution in [-0.4, -0.2) is 60.9 Å². The van der Waals surface area contributed by atoms with Gasteiger partial charge < -0.3 is 20.3 Å². The van der Waals surface area contributed by atoms with Gasteiger partial charge in [0.05, 0.1) is 19.6 Å². The molecule has 1 fully saturated rings. The summed E-state index contributed by atoms with van der Waals surface area (Å²) in [5.74, 6) is 0.761. The van der Waals surface area contributed by atoms with E-state index in [2.05, 4.69) is 6.07 Å². The van der Waals surface area contributed by atoms with Crippen molar-refractivity contribution in [3.8, 4) is 5.75 Å². The van der Waals surface area contributed by atoms with E-state index in [1.165, 1.54) is 0 Å². The van der Waals surface area contributed by atoms with Crippen LogP contribution in [0, 0.1) is 0 Å². The highest BCUT2D eigenvalue weighted by molar-refractivity contribution is 5.83. The van der Waals surface area contributed by atoms with Crippen LogP contribution in [0.25, 0.3) is 10.8 Å². The lowest BCUT2D eigenvalue weighted by atomic mass is 10.1. The van der Waals surface area contributed by atoms with Crippen LogP contribution in [0.3, 0.4) is 0 Å². The minimum absolute atomic E-state index is 0.0214. The molecule has 2 aromatic carbocycles. The summed E-state index contributed by atoms with van der Waals surface area (Å²) in [5.41, 5.74) is 5.36. The van der Waals surface area contributed by atoms with Gasteiger partial charge >= 0.3 is 0 Å². The second-order valence-electron chi connectivity index (χ2n) is 6.07. The van der Waals surface area contributed by atoms with Crippen LogP contribution >= 0.6 is 0 Å². The second kappa shape index (κ2) is 7.98. The molecule has 1 aliphatic heterocycles. The summed E-state index contributed by atoms with van der Waals surface area (Å²) in [6.45, 7) is 2.58. The van der Waals surface area contributed by atoms with Crippen molar-refractivity contribution >= 4 is 22.6 Å². The molecule has 0 saturated carbocycles. The normalized spacial score (nSPS) is 14.6. The highest BCUT2D eigenvalue weighted by atomic mass is 16.5. The molecule has 0 unspecified atom stereocenters. The lowest BCUT2D eigenvalue weighted by Crippen LogP contribution is -2.52. The van der Waals surface area contributed by atoms with Crippen molar-refractivity contribution in [2.45, 2.75) is 6.42 Å². The zero-order valence-electron chi connectivity index (χ0n) is 14.2. The Bertz CT molecular complexity index is 754. The number of nitrogens with zero attached hydrogens (tertiary/aromatic N) is 2. The molecule has 0 atom stereocenters. The van der Waals surface area contributed by atoms with Gasteiger partial charge in [0.2, 0.25) is 11.8 Å². The molecule has 0 spiro atoms. The van der Waals surface area contributed by atoms with Crippen LogP contribution < -0.4 is 10.5 Å². The molecule has 6 nitrogen and oxygen atoms in total. The van der Waals surface area contributed by atoms with Gasteiger partial charge in [-0.15, -0.1) is 0 Å². The van der Waals surface area contributed by atoms with Gasteiger partial charge in [-0.3, -0.25) is 9.59 Å². The Morgan fingerprint density at radius 1 is 0.920 bits per heavy atom. The first-order chi connectivity index (χ1) is 12.2. The minimum atomic E-state index is -0.0632. The van der Waals surface area contributed by atoms with Crippen LogP contribution in [0.15, 0.2) is 42.5 Å². The molecular weight excluding hydrogens is 318 g/mol. The van der Waals surface area contributed by atoms with Gasteiger partial charge in [-0.1, -0.05) is 30.3 Å². The van der Waals surface area contributed by atoms with Crippen LogP contribution in [0.5, 0.6) is 5.75 Å². The van der Waals surface area contributed by atoms with E-state index in [4.69, 9.17) is 10.5 Å². The van der Waals surface area contributed by atoms with Crippen molar-refractivity contribution in [2.24, 2.45) is 5.73 Å². The number of ether oxygens (including phenoxy) is 1. The number of hydrogen-bond acceptors (Lipinski definition) is 4. The fraction of sp³-hybridized carbons (Fsp3) is 0.368. The van der Waals surface area contributed by atoms with E-state index in [0.29, 0.717) is 39.2 Å². The summed E-state index contributed by atoms with van der Waals surface area (Å²) in [4.78, 5) is 27.3. The number of carbonyl (C=O) groups is 2. The van der Waals surface area contributed by atoms with E-state index < -0.39 is 0 Å². The molecule has 1 saturated heterocycles. The quantitative estimate of drug-likeness (QED) is 0.888. The molecule has 0 radical (unpaired) electrons. The molecule has 0 aliphatic carbocycles. The number of nitrogens with two attached hydrogens (primary N) is 1. The first-order valence-corrected chi connectivity index (χ1v) is 8.54. The summed E-state index contributed by atoms with van der Waals surface area (Å²) in [6, 6.07) is 14.0. The van der Waals surface area contributed by atoms with Gasteiger partial charge in [0.1, 0.15) is 5.75 Å². The summed E-state index contributed by atoms with van der Waals surface area (Å²) in [6.07, 6.45) is 0.331. The lowest BCUT2D eigenvalue weighted by molar-refractivity contribution is -0.139. The van der Waals surface area contributed by atoms with Crippen molar-refractivity contribution in [1.82, 2.24) is 9.80 Å². The van der Waals surface area contributed by atoms with E-state index in [0.717, 1.165) is 16.5 Å². The van der Waals surface area contributed by atoms with Crippen LogP contribution in [-0.2, 0) is 9.59 Å². The van der Waals surface area contributed by atoms with Crippen molar-refractivity contribution in [2.75, 3.05) is 39.3 Å². The third-order valence-electron chi connectivity index (χ3n) is 4.47. The first kappa shape index (κ1) is 17.2. The monoisotopic (exact) mass is 341 g/mol. The maximum Gasteiger partial charge on any atom is 0.236 e. The third kappa shape index (κ3) is 4.28. The van der Waals surface area contributed by atoms with Crippen molar-refractivity contribution < 1.29 is 14.3 Å². The van der Waals surface area contributed by atoms with Gasteiger partial charge in [0, 0.05) is 26.2 Å². The zero-order chi connectivity index (χ0) is 17.6. The molecular formula is C19H23N3O3. The summed E-state index contributed by atoms with van der Waals surface area (Å²) in [7, 11) is 0. The first-order valence-electron chi connectivity index (χ1n) is 8.54. The predicted molar refractivity (Wildman–Crippen MR) is 96.3 cm³/mol. The topological polar surface area (TPSA) is 75.9 Å². The smallest absolute Gasteiger partial charge is 0.236 e. The number of carbonyl (C=O) groups excluding carboxylic acids is 2. The zero-order valence-corrected chi connectivity index (χ0v) is 14.2. The summed E-state index contributed by atoms with van der Waals surface area (Å²) >= 11 is 0. The second-order valence-corrected chi connectivity index (χ2v) is 6.07. The van der Waals surface area contributed by atoms with E-state index in [9.17, 15) is 9.59 Å². The van der Waals surface area contributed by atoms with Crippen molar-refractivity contribution in [3.05, 3.63) is 42.5 Å². The molecule has 2 amide bonds. The van der Waals surface area contributed by atoms with Gasteiger partial charge in [0.15, 0.2) is 0 Å². The number of rotatable bonds is 5. The van der Waals surface area contributed by atoms with Gasteiger partial charge in [-0.25, -0.2) is 0 Å². The van der Waals surface area contributed by atoms with E-state index in [1.54, 1.807) is 9.80 Å². The van der Waals surface area contributed by atoms with Crippen LogP contribution in [0.2, 0.25) is 0 Å². The summed E-state index contributed by atoms with van der Waals surface area (Å²) in [5, 5.41) is 2.28. The molecule has 1 heterocycles.